The van der Waals surface area contributed by atoms with Crippen LogP contribution in [0.5, 0.6) is 0 Å². The predicted octanol–water partition coefficient (Wildman–Crippen LogP) is 0.205. The van der Waals surface area contributed by atoms with Crippen LogP contribution in [0.2, 0.25) is 0 Å². The van der Waals surface area contributed by atoms with Crippen molar-refractivity contribution in [2.24, 2.45) is 0 Å². The molecular formula is C4H10N3-. The molecule has 0 aromatic rings. The molecule has 0 saturated carbocycles. The van der Waals surface area contributed by atoms with Gasteiger partial charge in [0, 0.05) is 12.7 Å². The Morgan fingerprint density at radius 1 is 1.86 bits per heavy atom. The standard InChI is InChI=1S/C4H10N3/c1-4-6-2-3-7(4)5/h4-6H,2-3H2,1H3/q-1. The summed E-state index contributed by atoms with van der Waals surface area (Å²) in [4.78, 5) is 0. The van der Waals surface area contributed by atoms with Crippen molar-refractivity contribution < 1.29 is 0 Å². The lowest BCUT2D eigenvalue weighted by Crippen LogP contribution is -2.26. The van der Waals surface area contributed by atoms with Gasteiger partial charge in [-0.2, -0.15) is 0 Å². The lowest BCUT2D eigenvalue weighted by Gasteiger charge is -2.23. The zero-order chi connectivity index (χ0) is 5.28. The number of rotatable bonds is 0. The van der Waals surface area contributed by atoms with Gasteiger partial charge in [-0.1, -0.05) is 0 Å². The quantitative estimate of drug-likeness (QED) is 0.472. The fraction of sp³-hybridized carbons (Fsp3) is 1.00. The molecule has 1 atom stereocenters. The van der Waals surface area contributed by atoms with Gasteiger partial charge < -0.3 is 16.2 Å². The minimum atomic E-state index is 0.264. The summed E-state index contributed by atoms with van der Waals surface area (Å²) in [5.74, 6) is 7.11. The van der Waals surface area contributed by atoms with Gasteiger partial charge in [-0.25, -0.2) is 0 Å². The van der Waals surface area contributed by atoms with E-state index in [0.717, 1.165) is 13.1 Å². The molecule has 0 radical (unpaired) electrons. The van der Waals surface area contributed by atoms with E-state index in [1.54, 1.807) is 5.01 Å². The molecule has 0 bridgehead atoms. The van der Waals surface area contributed by atoms with Gasteiger partial charge in [0.25, 0.3) is 0 Å². The smallest absolute Gasteiger partial charge is 0.0399 e. The van der Waals surface area contributed by atoms with Gasteiger partial charge in [0.05, 0.1) is 0 Å². The van der Waals surface area contributed by atoms with Gasteiger partial charge in [-0.3, -0.25) is 0 Å². The van der Waals surface area contributed by atoms with E-state index in [2.05, 4.69) is 5.32 Å². The van der Waals surface area contributed by atoms with Crippen molar-refractivity contribution in [3.8, 4) is 0 Å². The van der Waals surface area contributed by atoms with Crippen molar-refractivity contribution in [2.75, 3.05) is 13.1 Å². The van der Waals surface area contributed by atoms with Crippen LogP contribution < -0.4 is 5.32 Å². The molecule has 1 heterocycles. The van der Waals surface area contributed by atoms with E-state index in [4.69, 9.17) is 5.84 Å². The molecule has 42 valence electrons. The highest BCUT2D eigenvalue weighted by molar-refractivity contribution is 4.73. The maximum Gasteiger partial charge on any atom is 0.0399 e. The van der Waals surface area contributed by atoms with Crippen LogP contribution in [0.1, 0.15) is 6.92 Å². The Labute approximate surface area is 43.4 Å². The Balaban J connectivity index is 2.33. The van der Waals surface area contributed by atoms with Crippen molar-refractivity contribution in [2.45, 2.75) is 13.1 Å². The summed E-state index contributed by atoms with van der Waals surface area (Å²) in [5, 5.41) is 4.65. The summed E-state index contributed by atoms with van der Waals surface area (Å²) in [5.41, 5.74) is 0. The van der Waals surface area contributed by atoms with E-state index in [-0.39, 0.29) is 6.17 Å². The average molecular weight is 100 g/mol. The summed E-state index contributed by atoms with van der Waals surface area (Å²) in [6.07, 6.45) is 0.264. The first-order valence-electron chi connectivity index (χ1n) is 2.52. The minimum Gasteiger partial charge on any atom is -0.608 e. The Kier molecular flexibility index (Phi) is 1.27. The molecule has 0 amide bonds. The largest absolute Gasteiger partial charge is 0.608 e. The van der Waals surface area contributed by atoms with Crippen molar-refractivity contribution in [3.63, 3.8) is 0 Å². The maximum absolute atomic E-state index is 7.11. The van der Waals surface area contributed by atoms with E-state index in [0.29, 0.717) is 0 Å². The Morgan fingerprint density at radius 3 is 2.71 bits per heavy atom. The predicted molar refractivity (Wildman–Crippen MR) is 28.5 cm³/mol. The van der Waals surface area contributed by atoms with Gasteiger partial charge in [0.1, 0.15) is 0 Å². The number of nitrogens with one attached hydrogen (secondary N) is 2. The second-order valence-electron chi connectivity index (χ2n) is 1.82. The molecule has 0 aliphatic carbocycles. The molecule has 0 spiro atoms. The molecular weight excluding hydrogens is 90.1 g/mol. The Morgan fingerprint density at radius 2 is 2.57 bits per heavy atom. The lowest BCUT2D eigenvalue weighted by molar-refractivity contribution is 0.355. The zero-order valence-electron chi connectivity index (χ0n) is 4.44. The topological polar surface area (TPSA) is 39.1 Å². The van der Waals surface area contributed by atoms with Gasteiger partial charge >= 0.3 is 0 Å². The summed E-state index contributed by atoms with van der Waals surface area (Å²) >= 11 is 0. The first-order valence-corrected chi connectivity index (χ1v) is 2.52. The van der Waals surface area contributed by atoms with E-state index < -0.39 is 0 Å². The van der Waals surface area contributed by atoms with E-state index in [9.17, 15) is 0 Å². The second kappa shape index (κ2) is 1.78. The highest BCUT2D eigenvalue weighted by Crippen LogP contribution is 1.98. The van der Waals surface area contributed by atoms with Crippen LogP contribution >= 0.6 is 0 Å². The first kappa shape index (κ1) is 5.03. The van der Waals surface area contributed by atoms with Gasteiger partial charge in [-0.05, 0) is 13.5 Å². The van der Waals surface area contributed by atoms with Crippen LogP contribution in [0.3, 0.4) is 0 Å². The molecule has 0 aromatic carbocycles. The third-order valence-corrected chi connectivity index (χ3v) is 1.26. The van der Waals surface area contributed by atoms with E-state index in [1.165, 1.54) is 0 Å². The van der Waals surface area contributed by atoms with Crippen molar-refractivity contribution in [3.05, 3.63) is 5.84 Å². The summed E-state index contributed by atoms with van der Waals surface area (Å²) < 4.78 is 0. The van der Waals surface area contributed by atoms with Crippen LogP contribution in [0.4, 0.5) is 0 Å². The summed E-state index contributed by atoms with van der Waals surface area (Å²) in [7, 11) is 0. The number of nitrogens with zero attached hydrogens (tertiary/aromatic N) is 1. The average Bonchev–Trinajstić information content (AvgIpc) is 1.91. The van der Waals surface area contributed by atoms with Crippen LogP contribution in [-0.2, 0) is 0 Å². The van der Waals surface area contributed by atoms with E-state index in [1.807, 2.05) is 6.92 Å². The van der Waals surface area contributed by atoms with Crippen molar-refractivity contribution in [1.29, 1.82) is 0 Å². The molecule has 3 heteroatoms. The normalized spacial score (nSPS) is 34.3. The van der Waals surface area contributed by atoms with Crippen LogP contribution in [0.25, 0.3) is 5.84 Å². The molecule has 1 aliphatic heterocycles. The molecule has 1 aliphatic rings. The number of hydrogen-bond donors (Lipinski definition) is 1. The summed E-state index contributed by atoms with van der Waals surface area (Å²) in [6.45, 7) is 3.81. The Hall–Kier alpha value is -0.120. The third kappa shape index (κ3) is 0.907. The molecule has 2 N–H and O–H groups in total. The van der Waals surface area contributed by atoms with Gasteiger partial charge in [0.15, 0.2) is 0 Å². The SMILES string of the molecule is CC1NCCN1[NH-]. The fourth-order valence-electron chi connectivity index (χ4n) is 0.698. The van der Waals surface area contributed by atoms with Crippen molar-refractivity contribution in [1.82, 2.24) is 10.3 Å². The highest BCUT2D eigenvalue weighted by Gasteiger charge is 2.07. The summed E-state index contributed by atoms with van der Waals surface area (Å²) in [6, 6.07) is 0. The lowest BCUT2D eigenvalue weighted by atomic mass is 10.6. The Bertz CT molecular complexity index is 56.0. The molecule has 1 fully saturated rings. The van der Waals surface area contributed by atoms with Crippen LogP contribution in [0, 0.1) is 0 Å². The highest BCUT2D eigenvalue weighted by atomic mass is 15.5. The molecule has 1 unspecified atom stereocenters. The van der Waals surface area contributed by atoms with Gasteiger partial charge in [0.2, 0.25) is 0 Å². The maximum atomic E-state index is 7.11. The van der Waals surface area contributed by atoms with E-state index >= 15 is 0 Å². The van der Waals surface area contributed by atoms with Crippen molar-refractivity contribution >= 4 is 0 Å². The van der Waals surface area contributed by atoms with Crippen LogP contribution in [-0.4, -0.2) is 24.3 Å². The van der Waals surface area contributed by atoms with Gasteiger partial charge in [-0.15, -0.1) is 0 Å². The zero-order valence-corrected chi connectivity index (χ0v) is 4.44. The molecule has 3 nitrogen and oxygen atoms in total. The molecule has 1 saturated heterocycles. The third-order valence-electron chi connectivity index (χ3n) is 1.26. The molecule has 7 heavy (non-hydrogen) atoms. The first-order chi connectivity index (χ1) is 3.30. The molecule has 1 rings (SSSR count). The minimum absolute atomic E-state index is 0.264. The fourth-order valence-corrected chi connectivity index (χ4v) is 0.698. The molecule has 0 aromatic heterocycles. The number of hydrogen-bond acceptors (Lipinski definition) is 2. The second-order valence-corrected chi connectivity index (χ2v) is 1.82. The monoisotopic (exact) mass is 100 g/mol. The van der Waals surface area contributed by atoms with Crippen LogP contribution in [0.15, 0.2) is 0 Å².